The van der Waals surface area contributed by atoms with Crippen LogP contribution in [0.4, 0.5) is 4.79 Å². The fourth-order valence-electron chi connectivity index (χ4n) is 2.01. The highest BCUT2D eigenvalue weighted by atomic mass is 35.5. The quantitative estimate of drug-likeness (QED) is 0.829. The Hall–Kier alpha value is -1.26. The molecule has 2 N–H and O–H groups in total. The molecule has 0 fully saturated rings. The maximum atomic E-state index is 11.8. The third-order valence-electron chi connectivity index (χ3n) is 3.22. The molecular weight excluding hydrogens is 300 g/mol. The summed E-state index contributed by atoms with van der Waals surface area (Å²) in [6.07, 6.45) is 0.468. The van der Waals surface area contributed by atoms with Crippen molar-refractivity contribution in [1.82, 2.24) is 10.6 Å². The molecule has 0 radical (unpaired) electrons. The SMILES string of the molecule is CCC(CNCc1ccc(Cl)cc1C)NC(=O)OC(C)(C)C. The van der Waals surface area contributed by atoms with Crippen LogP contribution in [0.5, 0.6) is 0 Å². The first-order chi connectivity index (χ1) is 10.2. The van der Waals surface area contributed by atoms with Crippen LogP contribution >= 0.6 is 11.6 Å². The molecule has 0 heterocycles. The van der Waals surface area contributed by atoms with E-state index in [-0.39, 0.29) is 12.1 Å². The number of hydrogen-bond donors (Lipinski definition) is 2. The Balaban J connectivity index is 2.42. The van der Waals surface area contributed by atoms with Gasteiger partial charge in [0.25, 0.3) is 0 Å². The van der Waals surface area contributed by atoms with Gasteiger partial charge in [-0.15, -0.1) is 0 Å². The van der Waals surface area contributed by atoms with Crippen LogP contribution in [0.1, 0.15) is 45.2 Å². The summed E-state index contributed by atoms with van der Waals surface area (Å²) in [5.41, 5.74) is 1.89. The maximum Gasteiger partial charge on any atom is 0.407 e. The molecule has 124 valence electrons. The lowest BCUT2D eigenvalue weighted by Gasteiger charge is -2.23. The number of aryl methyl sites for hydroxylation is 1. The summed E-state index contributed by atoms with van der Waals surface area (Å²) in [5, 5.41) is 7.01. The van der Waals surface area contributed by atoms with Crippen LogP contribution in [0, 0.1) is 6.92 Å². The van der Waals surface area contributed by atoms with Crippen molar-refractivity contribution in [3.05, 3.63) is 34.3 Å². The van der Waals surface area contributed by atoms with Gasteiger partial charge in [-0.2, -0.15) is 0 Å². The Morgan fingerprint density at radius 3 is 2.59 bits per heavy atom. The first-order valence-corrected chi connectivity index (χ1v) is 8.04. The molecule has 1 unspecified atom stereocenters. The van der Waals surface area contributed by atoms with E-state index < -0.39 is 5.60 Å². The molecule has 4 nitrogen and oxygen atoms in total. The van der Waals surface area contributed by atoms with Crippen molar-refractivity contribution in [1.29, 1.82) is 0 Å². The molecule has 0 spiro atoms. The monoisotopic (exact) mass is 326 g/mol. The number of rotatable bonds is 6. The molecule has 0 aromatic heterocycles. The molecule has 0 aliphatic carbocycles. The van der Waals surface area contributed by atoms with E-state index in [0.29, 0.717) is 6.54 Å². The van der Waals surface area contributed by atoms with E-state index in [4.69, 9.17) is 16.3 Å². The largest absolute Gasteiger partial charge is 0.444 e. The average molecular weight is 327 g/mol. The van der Waals surface area contributed by atoms with Crippen LogP contribution in [0.25, 0.3) is 0 Å². The number of carbonyl (C=O) groups is 1. The van der Waals surface area contributed by atoms with E-state index >= 15 is 0 Å². The van der Waals surface area contributed by atoms with Gasteiger partial charge in [0, 0.05) is 24.2 Å². The lowest BCUT2D eigenvalue weighted by Crippen LogP contribution is -2.43. The minimum absolute atomic E-state index is 0.0439. The van der Waals surface area contributed by atoms with E-state index in [2.05, 4.69) is 10.6 Å². The zero-order valence-corrected chi connectivity index (χ0v) is 14.9. The number of nitrogens with one attached hydrogen (secondary N) is 2. The van der Waals surface area contributed by atoms with E-state index in [1.807, 2.05) is 52.8 Å². The van der Waals surface area contributed by atoms with Gasteiger partial charge in [0.1, 0.15) is 5.60 Å². The fraction of sp³-hybridized carbons (Fsp3) is 0.588. The van der Waals surface area contributed by atoms with E-state index in [9.17, 15) is 4.79 Å². The standard InChI is InChI=1S/C17H27ClN2O2/c1-6-15(20-16(21)22-17(3,4)5)11-19-10-13-7-8-14(18)9-12(13)2/h7-9,15,19H,6,10-11H2,1-5H3,(H,20,21). The van der Waals surface area contributed by atoms with Gasteiger partial charge >= 0.3 is 6.09 Å². The second-order valence-corrected chi connectivity index (χ2v) is 6.89. The Kier molecular flexibility index (Phi) is 7.17. The molecular formula is C17H27ClN2O2. The minimum atomic E-state index is -0.476. The third-order valence-corrected chi connectivity index (χ3v) is 3.46. The van der Waals surface area contributed by atoms with Crippen molar-refractivity contribution in [2.75, 3.05) is 6.54 Å². The summed E-state index contributed by atoms with van der Waals surface area (Å²) in [7, 11) is 0. The van der Waals surface area contributed by atoms with Crippen molar-refractivity contribution >= 4 is 17.7 Å². The van der Waals surface area contributed by atoms with Gasteiger partial charge in [-0.25, -0.2) is 4.79 Å². The predicted octanol–water partition coefficient (Wildman–Crippen LogP) is 4.04. The van der Waals surface area contributed by atoms with Crippen molar-refractivity contribution in [2.45, 2.75) is 59.2 Å². The summed E-state index contributed by atoms with van der Waals surface area (Å²) in [6.45, 7) is 11.1. The molecule has 1 amide bonds. The number of carbonyl (C=O) groups excluding carboxylic acids is 1. The Labute approximate surface area is 138 Å². The first kappa shape index (κ1) is 18.8. The smallest absolute Gasteiger partial charge is 0.407 e. The number of halogens is 1. The zero-order chi connectivity index (χ0) is 16.8. The highest BCUT2D eigenvalue weighted by Gasteiger charge is 2.18. The van der Waals surface area contributed by atoms with Crippen molar-refractivity contribution in [3.63, 3.8) is 0 Å². The van der Waals surface area contributed by atoms with Crippen molar-refractivity contribution < 1.29 is 9.53 Å². The van der Waals surface area contributed by atoms with Gasteiger partial charge in [0.05, 0.1) is 0 Å². The topological polar surface area (TPSA) is 50.4 Å². The van der Waals surface area contributed by atoms with Crippen molar-refractivity contribution in [3.8, 4) is 0 Å². The van der Waals surface area contributed by atoms with Gasteiger partial charge in [-0.1, -0.05) is 24.6 Å². The van der Waals surface area contributed by atoms with E-state index in [1.165, 1.54) is 5.56 Å². The molecule has 0 bridgehead atoms. The Morgan fingerprint density at radius 1 is 1.36 bits per heavy atom. The number of ether oxygens (including phenoxy) is 1. The molecule has 22 heavy (non-hydrogen) atoms. The maximum absolute atomic E-state index is 11.8. The highest BCUT2D eigenvalue weighted by Crippen LogP contribution is 2.15. The van der Waals surface area contributed by atoms with Gasteiger partial charge in [0.2, 0.25) is 0 Å². The zero-order valence-electron chi connectivity index (χ0n) is 14.1. The van der Waals surface area contributed by atoms with Crippen LogP contribution < -0.4 is 10.6 Å². The third kappa shape index (κ3) is 7.14. The first-order valence-electron chi connectivity index (χ1n) is 7.66. The minimum Gasteiger partial charge on any atom is -0.444 e. The van der Waals surface area contributed by atoms with E-state index in [1.54, 1.807) is 0 Å². The van der Waals surface area contributed by atoms with Gasteiger partial charge in [-0.05, 0) is 57.4 Å². The molecule has 1 atom stereocenters. The summed E-state index contributed by atoms with van der Waals surface area (Å²) >= 11 is 5.95. The second kappa shape index (κ2) is 8.39. The van der Waals surface area contributed by atoms with E-state index in [0.717, 1.165) is 23.6 Å². The van der Waals surface area contributed by atoms with Crippen LogP contribution in [0.2, 0.25) is 5.02 Å². The Bertz CT molecular complexity index is 498. The highest BCUT2D eigenvalue weighted by molar-refractivity contribution is 6.30. The molecule has 1 aromatic carbocycles. The molecule has 5 heteroatoms. The number of benzene rings is 1. The second-order valence-electron chi connectivity index (χ2n) is 6.45. The Morgan fingerprint density at radius 2 is 2.05 bits per heavy atom. The van der Waals surface area contributed by atoms with Crippen LogP contribution in [0.15, 0.2) is 18.2 Å². The molecule has 0 saturated carbocycles. The van der Waals surface area contributed by atoms with Crippen LogP contribution in [-0.2, 0) is 11.3 Å². The van der Waals surface area contributed by atoms with Crippen molar-refractivity contribution in [2.24, 2.45) is 0 Å². The molecule has 0 aliphatic rings. The lowest BCUT2D eigenvalue weighted by molar-refractivity contribution is 0.0502. The molecule has 0 aliphatic heterocycles. The van der Waals surface area contributed by atoms with Crippen LogP contribution in [-0.4, -0.2) is 24.3 Å². The number of hydrogen-bond acceptors (Lipinski definition) is 3. The molecule has 0 saturated heterocycles. The average Bonchev–Trinajstić information content (AvgIpc) is 2.37. The molecule has 1 aromatic rings. The van der Waals surface area contributed by atoms with Gasteiger partial charge < -0.3 is 15.4 Å². The van der Waals surface area contributed by atoms with Gasteiger partial charge in [-0.3, -0.25) is 0 Å². The molecule has 1 rings (SSSR count). The number of amides is 1. The fourth-order valence-corrected chi connectivity index (χ4v) is 2.24. The number of alkyl carbamates (subject to hydrolysis) is 1. The van der Waals surface area contributed by atoms with Crippen LogP contribution in [0.3, 0.4) is 0 Å². The normalized spacial score (nSPS) is 12.8. The lowest BCUT2D eigenvalue weighted by atomic mass is 10.1. The summed E-state index contributed by atoms with van der Waals surface area (Å²) < 4.78 is 5.27. The van der Waals surface area contributed by atoms with Gasteiger partial charge in [0.15, 0.2) is 0 Å². The predicted molar refractivity (Wildman–Crippen MR) is 91.3 cm³/mol. The summed E-state index contributed by atoms with van der Waals surface area (Å²) in [4.78, 5) is 11.8. The summed E-state index contributed by atoms with van der Waals surface area (Å²) in [5.74, 6) is 0. The summed E-state index contributed by atoms with van der Waals surface area (Å²) in [6, 6.07) is 5.91.